The lowest BCUT2D eigenvalue weighted by Crippen LogP contribution is -2.61. The highest BCUT2D eigenvalue weighted by Crippen LogP contribution is 2.49. The molecule has 1 N–H and O–H groups in total. The minimum atomic E-state index is 0.0648. The second kappa shape index (κ2) is 8.55. The number of piperidine rings is 1. The van der Waals surface area contributed by atoms with Crippen molar-refractivity contribution in [3.05, 3.63) is 65.2 Å². The van der Waals surface area contributed by atoms with Gasteiger partial charge >= 0.3 is 0 Å². The Morgan fingerprint density at radius 3 is 2.53 bits per heavy atom. The number of fused-ring (bicyclic) bond motifs is 4. The lowest BCUT2D eigenvalue weighted by molar-refractivity contribution is 0.0266. The maximum absolute atomic E-state index is 13.4. The average Bonchev–Trinajstić information content (AvgIpc) is 3.60. The fraction of sp³-hybridized carbons (Fsp3) is 0.519. The Labute approximate surface area is 181 Å². The van der Waals surface area contributed by atoms with Gasteiger partial charge in [-0.3, -0.25) is 9.69 Å². The molecule has 5 rings (SSSR count). The number of anilines is 1. The van der Waals surface area contributed by atoms with Crippen LogP contribution < -0.4 is 5.32 Å². The molecule has 2 aromatic carbocycles. The van der Waals surface area contributed by atoms with Gasteiger partial charge in [0.05, 0.1) is 6.04 Å². The maximum atomic E-state index is 13.4. The number of hydrogen-bond acceptors (Lipinski definition) is 3. The molecule has 3 heteroatoms. The summed E-state index contributed by atoms with van der Waals surface area (Å²) in [6, 6.07) is 16.9. The maximum Gasteiger partial charge on any atom is 0.180 e. The van der Waals surface area contributed by atoms with Crippen LogP contribution in [0.1, 0.15) is 68.4 Å². The van der Waals surface area contributed by atoms with Crippen LogP contribution in [0.25, 0.3) is 0 Å². The highest BCUT2D eigenvalue weighted by atomic mass is 16.1. The lowest BCUT2D eigenvalue weighted by Gasteiger charge is -2.53. The zero-order chi connectivity index (χ0) is 21.3. The number of Topliss-reactive ketones (excluding diaryl/α,β-unsaturated/α-hetero) is 1. The fourth-order valence-electron chi connectivity index (χ4n) is 5.32. The monoisotopic (exact) mass is 404 g/mol. The average molecular weight is 405 g/mol. The summed E-state index contributed by atoms with van der Waals surface area (Å²) in [4.78, 5) is 15.9. The van der Waals surface area contributed by atoms with Gasteiger partial charge in [-0.05, 0) is 72.4 Å². The summed E-state index contributed by atoms with van der Waals surface area (Å²) in [5.41, 5.74) is 4.67. The molecule has 0 unspecified atom stereocenters. The zero-order valence-corrected chi connectivity index (χ0v) is 18.9. The molecule has 2 aliphatic carbocycles. The van der Waals surface area contributed by atoms with Gasteiger partial charge in [0.1, 0.15) is 0 Å². The molecule has 0 spiro atoms. The van der Waals surface area contributed by atoms with Crippen molar-refractivity contribution < 1.29 is 4.79 Å². The molecular weight excluding hydrogens is 368 g/mol. The smallest absolute Gasteiger partial charge is 0.180 e. The predicted molar refractivity (Wildman–Crippen MR) is 125 cm³/mol. The number of rotatable bonds is 5. The molecule has 1 saturated carbocycles. The Morgan fingerprint density at radius 2 is 1.83 bits per heavy atom. The number of nitrogens with zero attached hydrogens (tertiary/aromatic N) is 1. The molecule has 1 heterocycles. The van der Waals surface area contributed by atoms with Crippen molar-refractivity contribution in [3.63, 3.8) is 0 Å². The molecule has 30 heavy (non-hydrogen) atoms. The molecule has 0 radical (unpaired) electrons. The summed E-state index contributed by atoms with van der Waals surface area (Å²) in [5.74, 6) is 1.54. The van der Waals surface area contributed by atoms with Crippen molar-refractivity contribution in [1.29, 1.82) is 0 Å². The molecule has 1 saturated heterocycles. The van der Waals surface area contributed by atoms with Gasteiger partial charge < -0.3 is 5.32 Å². The van der Waals surface area contributed by atoms with Crippen LogP contribution in [-0.2, 0) is 12.0 Å². The van der Waals surface area contributed by atoms with Crippen LogP contribution in [0.15, 0.2) is 48.5 Å². The van der Waals surface area contributed by atoms with E-state index in [-0.39, 0.29) is 11.5 Å². The third kappa shape index (κ3) is 3.80. The van der Waals surface area contributed by atoms with E-state index in [0.29, 0.717) is 11.7 Å². The van der Waals surface area contributed by atoms with E-state index in [0.717, 1.165) is 43.2 Å². The van der Waals surface area contributed by atoms with Crippen molar-refractivity contribution in [2.24, 2.45) is 11.8 Å². The summed E-state index contributed by atoms with van der Waals surface area (Å²) >= 11 is 0. The molecule has 2 bridgehead atoms. The SMILES string of the molecule is CC.C[C@H]1[C@H]2C(=O)c3ccc(NCc4ccccc4)cc3[C@@]1(C)CCN2CC1CC1. The molecule has 0 amide bonds. The molecule has 1 aliphatic heterocycles. The predicted octanol–water partition coefficient (Wildman–Crippen LogP) is 5.90. The first-order valence-corrected chi connectivity index (χ1v) is 11.8. The Kier molecular flexibility index (Phi) is 6.02. The zero-order valence-electron chi connectivity index (χ0n) is 18.9. The largest absolute Gasteiger partial charge is 0.381 e. The molecule has 0 aromatic heterocycles. The highest BCUT2D eigenvalue weighted by Gasteiger charge is 2.52. The summed E-state index contributed by atoms with van der Waals surface area (Å²) in [7, 11) is 0. The van der Waals surface area contributed by atoms with Crippen LogP contribution in [0.3, 0.4) is 0 Å². The Balaban J connectivity index is 0.00000106. The molecular formula is C27H36N2O. The molecule has 3 nitrogen and oxygen atoms in total. The fourth-order valence-corrected chi connectivity index (χ4v) is 5.32. The van der Waals surface area contributed by atoms with E-state index in [4.69, 9.17) is 0 Å². The topological polar surface area (TPSA) is 32.3 Å². The van der Waals surface area contributed by atoms with Crippen LogP contribution in [0.2, 0.25) is 0 Å². The molecule has 2 aromatic rings. The van der Waals surface area contributed by atoms with Crippen molar-refractivity contribution in [2.75, 3.05) is 18.4 Å². The van der Waals surface area contributed by atoms with Crippen LogP contribution in [-0.4, -0.2) is 29.8 Å². The number of likely N-dealkylation sites (tertiary alicyclic amines) is 1. The molecule has 3 aliphatic rings. The summed E-state index contributed by atoms with van der Waals surface area (Å²) in [6.07, 6.45) is 3.83. The van der Waals surface area contributed by atoms with Gasteiger partial charge in [0, 0.05) is 24.3 Å². The van der Waals surface area contributed by atoms with Crippen molar-refractivity contribution in [1.82, 2.24) is 4.90 Å². The first kappa shape index (κ1) is 21.1. The van der Waals surface area contributed by atoms with E-state index in [2.05, 4.69) is 66.5 Å². The number of hydrogen-bond donors (Lipinski definition) is 1. The van der Waals surface area contributed by atoms with E-state index in [9.17, 15) is 4.79 Å². The molecule has 3 atom stereocenters. The second-order valence-corrected chi connectivity index (χ2v) is 9.30. The minimum absolute atomic E-state index is 0.0648. The number of ketones is 1. The first-order valence-electron chi connectivity index (χ1n) is 11.8. The van der Waals surface area contributed by atoms with Gasteiger partial charge in [-0.2, -0.15) is 0 Å². The van der Waals surface area contributed by atoms with E-state index in [1.54, 1.807) is 0 Å². The van der Waals surface area contributed by atoms with Gasteiger partial charge in [-0.1, -0.05) is 58.0 Å². The van der Waals surface area contributed by atoms with Gasteiger partial charge in [-0.15, -0.1) is 0 Å². The number of carbonyl (C=O) groups is 1. The minimum Gasteiger partial charge on any atom is -0.381 e. The summed E-state index contributed by atoms with van der Waals surface area (Å²) in [6.45, 7) is 11.6. The second-order valence-electron chi connectivity index (χ2n) is 9.30. The Bertz CT molecular complexity index is 889. The van der Waals surface area contributed by atoms with Gasteiger partial charge in [0.25, 0.3) is 0 Å². The van der Waals surface area contributed by atoms with Crippen molar-refractivity contribution in [2.45, 2.75) is 65.0 Å². The normalized spacial score (nSPS) is 27.7. The Hall–Kier alpha value is -2.13. The first-order chi connectivity index (χ1) is 14.6. The standard InChI is InChI=1S/C25H30N2O.C2H6/c1-17-23-24(28)21-11-10-20(26-15-18-6-4-3-5-7-18)14-22(21)25(17,2)12-13-27(23)16-19-8-9-19;1-2/h3-7,10-11,14,17,19,23,26H,8-9,12-13,15-16H2,1-2H3;1-2H3/t17-,23-,25-;/m0./s1. The number of benzene rings is 2. The van der Waals surface area contributed by atoms with E-state index < -0.39 is 0 Å². The summed E-state index contributed by atoms with van der Waals surface area (Å²) < 4.78 is 0. The quantitative estimate of drug-likeness (QED) is 0.673. The van der Waals surface area contributed by atoms with Gasteiger partial charge in [-0.25, -0.2) is 0 Å². The van der Waals surface area contributed by atoms with Crippen LogP contribution in [0.5, 0.6) is 0 Å². The summed E-state index contributed by atoms with van der Waals surface area (Å²) in [5, 5.41) is 3.55. The van der Waals surface area contributed by atoms with Crippen molar-refractivity contribution in [3.8, 4) is 0 Å². The third-order valence-corrected chi connectivity index (χ3v) is 7.49. The molecule has 160 valence electrons. The van der Waals surface area contributed by atoms with Crippen LogP contribution >= 0.6 is 0 Å². The molecule has 2 fully saturated rings. The van der Waals surface area contributed by atoms with E-state index >= 15 is 0 Å². The lowest BCUT2D eigenvalue weighted by atomic mass is 9.58. The van der Waals surface area contributed by atoms with E-state index in [1.807, 2.05) is 19.9 Å². The number of carbonyl (C=O) groups excluding carboxylic acids is 1. The number of nitrogens with one attached hydrogen (secondary N) is 1. The third-order valence-electron chi connectivity index (χ3n) is 7.49. The highest BCUT2D eigenvalue weighted by molar-refractivity contribution is 6.04. The Morgan fingerprint density at radius 1 is 1.10 bits per heavy atom. The van der Waals surface area contributed by atoms with Crippen LogP contribution in [0.4, 0.5) is 5.69 Å². The van der Waals surface area contributed by atoms with Crippen LogP contribution in [0, 0.1) is 11.8 Å². The van der Waals surface area contributed by atoms with Crippen molar-refractivity contribution >= 4 is 11.5 Å². The van der Waals surface area contributed by atoms with Gasteiger partial charge in [0.2, 0.25) is 0 Å². The van der Waals surface area contributed by atoms with Gasteiger partial charge in [0.15, 0.2) is 5.78 Å². The van der Waals surface area contributed by atoms with E-state index in [1.165, 1.54) is 24.0 Å².